The second kappa shape index (κ2) is 9.92. The zero-order valence-electron chi connectivity index (χ0n) is 18.2. The first kappa shape index (κ1) is 21.3. The molecule has 1 aliphatic heterocycles. The van der Waals surface area contributed by atoms with Gasteiger partial charge in [-0.1, -0.05) is 38.2 Å². The molecule has 1 aliphatic carbocycles. The van der Waals surface area contributed by atoms with Crippen LogP contribution in [0.4, 0.5) is 0 Å². The molecule has 1 saturated carbocycles. The maximum Gasteiger partial charge on any atom is 0.268 e. The highest BCUT2D eigenvalue weighted by Crippen LogP contribution is 2.32. The minimum atomic E-state index is -0.334. The third kappa shape index (κ3) is 5.22. The largest absolute Gasteiger partial charge is 0.393 e. The maximum atomic E-state index is 13.1. The van der Waals surface area contributed by atoms with Crippen LogP contribution in [0, 0.1) is 11.8 Å². The Bertz CT molecular complexity index is 835. The Kier molecular flexibility index (Phi) is 7.05. The third-order valence-corrected chi connectivity index (χ3v) is 6.84. The monoisotopic (exact) mass is 412 g/mol. The Balaban J connectivity index is 1.44. The maximum absolute atomic E-state index is 13.1. The van der Waals surface area contributed by atoms with Gasteiger partial charge in [0.15, 0.2) is 0 Å². The van der Waals surface area contributed by atoms with Crippen LogP contribution in [-0.4, -0.2) is 51.0 Å². The Hall–Kier alpha value is -1.92. The summed E-state index contributed by atoms with van der Waals surface area (Å²) in [5, 5.41) is 13.1. The summed E-state index contributed by atoms with van der Waals surface area (Å²) in [7, 11) is 0. The molecule has 2 aromatic rings. The van der Waals surface area contributed by atoms with Crippen LogP contribution in [0.15, 0.2) is 24.4 Å². The van der Waals surface area contributed by atoms with Crippen molar-refractivity contribution in [2.75, 3.05) is 19.6 Å². The van der Waals surface area contributed by atoms with Crippen LogP contribution >= 0.6 is 0 Å². The van der Waals surface area contributed by atoms with Crippen LogP contribution in [0.25, 0.3) is 5.65 Å². The number of amides is 1. The SMILES string of the molecule is CC(O)CC(CNC(=O)c1cccc2nc(CN3CCCC3)cn12)C1CCCCC1. The van der Waals surface area contributed by atoms with Crippen molar-refractivity contribution in [1.29, 1.82) is 0 Å². The molecule has 2 unspecified atom stereocenters. The van der Waals surface area contributed by atoms with Crippen molar-refractivity contribution >= 4 is 11.6 Å². The number of imidazole rings is 1. The summed E-state index contributed by atoms with van der Waals surface area (Å²) >= 11 is 0. The molecule has 0 aromatic carbocycles. The molecular formula is C24H36N4O2. The summed E-state index contributed by atoms with van der Waals surface area (Å²) in [5.74, 6) is 0.879. The standard InChI is InChI=1S/C24H36N4O2/c1-18(29)14-20(19-8-3-2-4-9-19)15-25-24(30)22-10-7-11-23-26-21(17-28(22)23)16-27-12-5-6-13-27/h7,10-11,17-20,29H,2-6,8-9,12-16H2,1H3,(H,25,30). The molecular weight excluding hydrogens is 376 g/mol. The number of pyridine rings is 1. The number of nitrogens with one attached hydrogen (secondary N) is 1. The van der Waals surface area contributed by atoms with Gasteiger partial charge in [0.1, 0.15) is 11.3 Å². The average Bonchev–Trinajstić information content (AvgIpc) is 3.40. The number of hydrogen-bond donors (Lipinski definition) is 2. The smallest absolute Gasteiger partial charge is 0.268 e. The number of rotatable bonds is 8. The molecule has 1 saturated heterocycles. The van der Waals surface area contributed by atoms with Gasteiger partial charge in [0.2, 0.25) is 0 Å². The number of fused-ring (bicyclic) bond motifs is 1. The number of nitrogens with zero attached hydrogens (tertiary/aromatic N) is 3. The normalized spacial score (nSPS) is 20.5. The first-order chi connectivity index (χ1) is 14.6. The number of aliphatic hydroxyl groups excluding tert-OH is 1. The summed E-state index contributed by atoms with van der Waals surface area (Å²) in [5.41, 5.74) is 2.48. The van der Waals surface area contributed by atoms with Crippen LogP contribution in [0.3, 0.4) is 0 Å². The molecule has 30 heavy (non-hydrogen) atoms. The Morgan fingerprint density at radius 2 is 1.97 bits per heavy atom. The van der Waals surface area contributed by atoms with E-state index in [1.54, 1.807) is 0 Å². The highest BCUT2D eigenvalue weighted by atomic mass is 16.3. The lowest BCUT2D eigenvalue weighted by Crippen LogP contribution is -2.35. The van der Waals surface area contributed by atoms with Crippen molar-refractivity contribution in [1.82, 2.24) is 19.6 Å². The predicted octanol–water partition coefficient (Wildman–Crippen LogP) is 3.63. The molecule has 3 heterocycles. The lowest BCUT2D eigenvalue weighted by molar-refractivity contribution is 0.0899. The average molecular weight is 413 g/mol. The van der Waals surface area contributed by atoms with Gasteiger partial charge in [-0.25, -0.2) is 4.98 Å². The summed E-state index contributed by atoms with van der Waals surface area (Å²) in [6.45, 7) is 5.59. The van der Waals surface area contributed by atoms with Crippen molar-refractivity contribution in [2.24, 2.45) is 11.8 Å². The highest BCUT2D eigenvalue weighted by Gasteiger charge is 2.26. The van der Waals surface area contributed by atoms with Gasteiger partial charge < -0.3 is 10.4 Å². The van der Waals surface area contributed by atoms with Crippen LogP contribution in [0.5, 0.6) is 0 Å². The number of carbonyl (C=O) groups excluding carboxylic acids is 1. The lowest BCUT2D eigenvalue weighted by Gasteiger charge is -2.31. The van der Waals surface area contributed by atoms with Gasteiger partial charge in [-0.05, 0) is 63.2 Å². The molecule has 6 nitrogen and oxygen atoms in total. The van der Waals surface area contributed by atoms with Crippen LogP contribution in [0.1, 0.15) is 74.5 Å². The van der Waals surface area contributed by atoms with E-state index < -0.39 is 0 Å². The number of hydrogen-bond acceptors (Lipinski definition) is 4. The molecule has 2 atom stereocenters. The number of aliphatic hydroxyl groups is 1. The van der Waals surface area contributed by atoms with Crippen molar-refractivity contribution in [3.63, 3.8) is 0 Å². The van der Waals surface area contributed by atoms with Gasteiger partial charge in [-0.2, -0.15) is 0 Å². The quantitative estimate of drug-likeness (QED) is 0.695. The van der Waals surface area contributed by atoms with Gasteiger partial charge in [0.25, 0.3) is 5.91 Å². The van der Waals surface area contributed by atoms with E-state index >= 15 is 0 Å². The van der Waals surface area contributed by atoms with E-state index in [9.17, 15) is 9.90 Å². The van der Waals surface area contributed by atoms with Crippen LogP contribution in [0.2, 0.25) is 0 Å². The van der Waals surface area contributed by atoms with E-state index in [1.807, 2.05) is 35.7 Å². The fourth-order valence-electron chi connectivity index (χ4n) is 5.29. The number of carbonyl (C=O) groups is 1. The Labute approximate surface area is 179 Å². The first-order valence-corrected chi connectivity index (χ1v) is 11.8. The van der Waals surface area contributed by atoms with E-state index in [1.165, 1.54) is 44.9 Å². The lowest BCUT2D eigenvalue weighted by atomic mass is 9.77. The van der Waals surface area contributed by atoms with Crippen molar-refractivity contribution in [3.05, 3.63) is 35.8 Å². The molecule has 0 spiro atoms. The summed E-state index contributed by atoms with van der Waals surface area (Å²) in [6, 6.07) is 5.74. The molecule has 4 rings (SSSR count). The molecule has 1 amide bonds. The number of likely N-dealkylation sites (tertiary alicyclic amines) is 1. The topological polar surface area (TPSA) is 69.9 Å². The minimum absolute atomic E-state index is 0.0582. The summed E-state index contributed by atoms with van der Waals surface area (Å²) < 4.78 is 1.92. The minimum Gasteiger partial charge on any atom is -0.393 e. The van der Waals surface area contributed by atoms with Gasteiger partial charge in [0, 0.05) is 19.3 Å². The molecule has 2 aromatic heterocycles. The molecule has 0 radical (unpaired) electrons. The first-order valence-electron chi connectivity index (χ1n) is 11.8. The van der Waals surface area contributed by atoms with Gasteiger partial charge in [-0.15, -0.1) is 0 Å². The van der Waals surface area contributed by atoms with Crippen LogP contribution in [-0.2, 0) is 6.54 Å². The molecule has 2 N–H and O–H groups in total. The van der Waals surface area contributed by atoms with Gasteiger partial charge >= 0.3 is 0 Å². The van der Waals surface area contributed by atoms with Gasteiger partial charge in [0.05, 0.1) is 11.8 Å². The molecule has 2 fully saturated rings. The third-order valence-electron chi connectivity index (χ3n) is 6.84. The predicted molar refractivity (Wildman–Crippen MR) is 118 cm³/mol. The van der Waals surface area contributed by atoms with E-state index in [0.717, 1.165) is 37.4 Å². The molecule has 6 heteroatoms. The van der Waals surface area contributed by atoms with Crippen molar-refractivity contribution in [3.8, 4) is 0 Å². The fourth-order valence-corrected chi connectivity index (χ4v) is 5.29. The molecule has 2 aliphatic rings. The molecule has 0 bridgehead atoms. The van der Waals surface area contributed by atoms with Crippen molar-refractivity contribution < 1.29 is 9.90 Å². The van der Waals surface area contributed by atoms with Gasteiger partial charge in [-0.3, -0.25) is 14.1 Å². The zero-order valence-corrected chi connectivity index (χ0v) is 18.2. The van der Waals surface area contributed by atoms with E-state index in [0.29, 0.717) is 24.1 Å². The second-order valence-corrected chi connectivity index (χ2v) is 9.31. The molecule has 164 valence electrons. The second-order valence-electron chi connectivity index (χ2n) is 9.31. The van der Waals surface area contributed by atoms with E-state index in [4.69, 9.17) is 4.98 Å². The fraction of sp³-hybridized carbons (Fsp3) is 0.667. The Morgan fingerprint density at radius 1 is 1.20 bits per heavy atom. The Morgan fingerprint density at radius 3 is 2.70 bits per heavy atom. The summed E-state index contributed by atoms with van der Waals surface area (Å²) in [4.78, 5) is 20.2. The van der Waals surface area contributed by atoms with E-state index in [-0.39, 0.29) is 12.0 Å². The van der Waals surface area contributed by atoms with Crippen molar-refractivity contribution in [2.45, 2.75) is 70.9 Å². The zero-order chi connectivity index (χ0) is 20.9. The van der Waals surface area contributed by atoms with E-state index in [2.05, 4.69) is 10.2 Å². The summed E-state index contributed by atoms with van der Waals surface area (Å²) in [6.07, 6.45) is 11.2. The van der Waals surface area contributed by atoms with Crippen LogP contribution < -0.4 is 5.32 Å². The number of aromatic nitrogens is 2. The highest BCUT2D eigenvalue weighted by molar-refractivity contribution is 5.93.